The summed E-state index contributed by atoms with van der Waals surface area (Å²) < 4.78 is 11.6. The molecule has 1 saturated heterocycles. The minimum atomic E-state index is -0.844. The summed E-state index contributed by atoms with van der Waals surface area (Å²) >= 11 is 3.46. The molecule has 0 aliphatic carbocycles. The molecule has 0 saturated carbocycles. The quantitative estimate of drug-likeness (QED) is 0.249. The van der Waals surface area contributed by atoms with Crippen molar-refractivity contribution in [1.29, 1.82) is 0 Å². The summed E-state index contributed by atoms with van der Waals surface area (Å²) in [6.45, 7) is 1.89. The van der Waals surface area contributed by atoms with Crippen LogP contribution in [0, 0.1) is 6.92 Å². The van der Waals surface area contributed by atoms with Gasteiger partial charge in [0.2, 0.25) is 0 Å². The zero-order valence-electron chi connectivity index (χ0n) is 20.7. The van der Waals surface area contributed by atoms with Gasteiger partial charge >= 0.3 is 0 Å². The predicted molar refractivity (Wildman–Crippen MR) is 144 cm³/mol. The van der Waals surface area contributed by atoms with E-state index < -0.39 is 17.7 Å². The van der Waals surface area contributed by atoms with Crippen molar-refractivity contribution in [2.75, 3.05) is 38.1 Å². The lowest BCUT2D eigenvalue weighted by atomic mass is 9.94. The van der Waals surface area contributed by atoms with E-state index in [1.807, 2.05) is 50.2 Å². The van der Waals surface area contributed by atoms with E-state index in [0.717, 1.165) is 15.7 Å². The molecular formula is C28H27BrN2O5. The van der Waals surface area contributed by atoms with E-state index in [1.165, 1.54) is 19.1 Å². The molecule has 4 rings (SSSR count). The van der Waals surface area contributed by atoms with Gasteiger partial charge in [-0.1, -0.05) is 34.1 Å². The Balaban J connectivity index is 1.94. The van der Waals surface area contributed by atoms with Crippen molar-refractivity contribution >= 4 is 44.8 Å². The third-order valence-electron chi connectivity index (χ3n) is 6.25. The van der Waals surface area contributed by atoms with Gasteiger partial charge in [0.25, 0.3) is 11.7 Å². The number of aliphatic hydroxyl groups is 1. The molecule has 8 heteroatoms. The van der Waals surface area contributed by atoms with Crippen molar-refractivity contribution in [3.63, 3.8) is 0 Å². The molecule has 1 aliphatic heterocycles. The normalized spacial score (nSPS) is 16.8. The van der Waals surface area contributed by atoms with Crippen LogP contribution >= 0.6 is 15.9 Å². The van der Waals surface area contributed by atoms with E-state index in [2.05, 4.69) is 15.9 Å². The molecule has 1 fully saturated rings. The van der Waals surface area contributed by atoms with Crippen LogP contribution in [0.5, 0.6) is 11.5 Å². The average molecular weight is 551 g/mol. The van der Waals surface area contributed by atoms with E-state index in [1.54, 1.807) is 36.4 Å². The van der Waals surface area contributed by atoms with Crippen molar-refractivity contribution < 1.29 is 24.2 Å². The van der Waals surface area contributed by atoms with Crippen LogP contribution in [0.15, 0.2) is 70.7 Å². The number of amides is 1. The number of benzene rings is 3. The van der Waals surface area contributed by atoms with Crippen molar-refractivity contribution in [3.05, 3.63) is 87.4 Å². The first-order valence-corrected chi connectivity index (χ1v) is 12.0. The number of anilines is 2. The molecular weight excluding hydrogens is 524 g/mol. The molecule has 1 unspecified atom stereocenters. The molecule has 1 N–H and O–H groups in total. The Labute approximate surface area is 218 Å². The maximum Gasteiger partial charge on any atom is 0.300 e. The van der Waals surface area contributed by atoms with Gasteiger partial charge in [0.15, 0.2) is 11.5 Å². The first-order valence-electron chi connectivity index (χ1n) is 11.2. The van der Waals surface area contributed by atoms with Crippen LogP contribution in [-0.4, -0.2) is 45.1 Å². The number of carbonyl (C=O) groups is 2. The minimum Gasteiger partial charge on any atom is -0.507 e. The Morgan fingerprint density at radius 3 is 2.19 bits per heavy atom. The molecule has 1 aliphatic rings. The molecule has 3 aromatic rings. The first-order chi connectivity index (χ1) is 17.2. The van der Waals surface area contributed by atoms with Gasteiger partial charge < -0.3 is 19.5 Å². The lowest BCUT2D eigenvalue weighted by Crippen LogP contribution is -2.29. The smallest absolute Gasteiger partial charge is 0.300 e. The standard InChI is InChI=1S/C28H27BrN2O5/c1-16-14-18(8-12-21(16)29)26(32)24-25(17-6-9-19(10-7-17)30(2)3)31(28(34)27(24)33)20-11-13-22(35-4)23(15-20)36-5/h6-15,25,32H,1-5H3/b26-24+. The molecule has 1 heterocycles. The van der Waals surface area contributed by atoms with Gasteiger partial charge in [-0.25, -0.2) is 0 Å². The highest BCUT2D eigenvalue weighted by molar-refractivity contribution is 9.10. The maximum absolute atomic E-state index is 13.4. The Morgan fingerprint density at radius 1 is 0.944 bits per heavy atom. The second-order valence-electron chi connectivity index (χ2n) is 8.66. The van der Waals surface area contributed by atoms with E-state index >= 15 is 0 Å². The molecule has 1 amide bonds. The number of hydrogen-bond donors (Lipinski definition) is 1. The Kier molecular flexibility index (Phi) is 7.08. The molecule has 0 radical (unpaired) electrons. The summed E-state index contributed by atoms with van der Waals surface area (Å²) in [5.74, 6) is -0.811. The van der Waals surface area contributed by atoms with Crippen LogP contribution < -0.4 is 19.3 Å². The average Bonchev–Trinajstić information content (AvgIpc) is 3.15. The van der Waals surface area contributed by atoms with Gasteiger partial charge in [0.1, 0.15) is 5.76 Å². The van der Waals surface area contributed by atoms with Gasteiger partial charge in [-0.2, -0.15) is 0 Å². The number of methoxy groups -OCH3 is 2. The Morgan fingerprint density at radius 2 is 1.61 bits per heavy atom. The van der Waals surface area contributed by atoms with Gasteiger partial charge in [-0.15, -0.1) is 0 Å². The van der Waals surface area contributed by atoms with Crippen molar-refractivity contribution in [2.24, 2.45) is 0 Å². The fourth-order valence-electron chi connectivity index (χ4n) is 4.29. The molecule has 7 nitrogen and oxygen atoms in total. The number of aryl methyl sites for hydroxylation is 1. The predicted octanol–water partition coefficient (Wildman–Crippen LogP) is 5.47. The summed E-state index contributed by atoms with van der Waals surface area (Å²) in [5, 5.41) is 11.4. The SMILES string of the molecule is COc1ccc(N2C(=O)C(=O)/C(=C(/O)c3ccc(Br)c(C)c3)C2c2ccc(N(C)C)cc2)cc1OC. The van der Waals surface area contributed by atoms with Crippen molar-refractivity contribution in [1.82, 2.24) is 0 Å². The Bertz CT molecular complexity index is 1360. The van der Waals surface area contributed by atoms with Gasteiger partial charge in [0.05, 0.1) is 25.8 Å². The van der Waals surface area contributed by atoms with E-state index in [-0.39, 0.29) is 11.3 Å². The van der Waals surface area contributed by atoms with Gasteiger partial charge in [-0.05, 0) is 54.4 Å². The van der Waals surface area contributed by atoms with E-state index in [4.69, 9.17) is 9.47 Å². The first kappa shape index (κ1) is 25.3. The van der Waals surface area contributed by atoms with Crippen LogP contribution in [0.1, 0.15) is 22.7 Å². The highest BCUT2D eigenvalue weighted by Gasteiger charge is 2.47. The topological polar surface area (TPSA) is 79.3 Å². The summed E-state index contributed by atoms with van der Waals surface area (Å²) in [6, 6.07) is 17.0. The summed E-state index contributed by atoms with van der Waals surface area (Å²) in [5.41, 5.74) is 3.46. The van der Waals surface area contributed by atoms with Crippen LogP contribution in [0.25, 0.3) is 5.76 Å². The minimum absolute atomic E-state index is 0.0223. The number of ketones is 1. The highest BCUT2D eigenvalue weighted by Crippen LogP contribution is 2.44. The monoisotopic (exact) mass is 550 g/mol. The Hall–Kier alpha value is -3.78. The molecule has 36 heavy (non-hydrogen) atoms. The summed E-state index contributed by atoms with van der Waals surface area (Å²) in [4.78, 5) is 30.2. The molecule has 3 aromatic carbocycles. The third-order valence-corrected chi connectivity index (χ3v) is 7.14. The number of halogens is 1. The lowest BCUT2D eigenvalue weighted by molar-refractivity contribution is -0.132. The van der Waals surface area contributed by atoms with E-state index in [0.29, 0.717) is 28.3 Å². The second-order valence-corrected chi connectivity index (χ2v) is 9.51. The molecule has 186 valence electrons. The number of Topliss-reactive ketones (excluding diaryl/α,β-unsaturated/α-hetero) is 1. The van der Waals surface area contributed by atoms with E-state index in [9.17, 15) is 14.7 Å². The van der Waals surface area contributed by atoms with Crippen LogP contribution in [0.3, 0.4) is 0 Å². The number of nitrogens with zero attached hydrogens (tertiary/aromatic N) is 2. The van der Waals surface area contributed by atoms with Crippen molar-refractivity contribution in [2.45, 2.75) is 13.0 Å². The third kappa shape index (κ3) is 4.44. The number of carbonyl (C=O) groups excluding carboxylic acids is 2. The molecule has 0 spiro atoms. The van der Waals surface area contributed by atoms with Crippen LogP contribution in [0.2, 0.25) is 0 Å². The maximum atomic E-state index is 13.4. The number of ether oxygens (including phenoxy) is 2. The fourth-order valence-corrected chi connectivity index (χ4v) is 4.54. The lowest BCUT2D eigenvalue weighted by Gasteiger charge is -2.26. The highest BCUT2D eigenvalue weighted by atomic mass is 79.9. The van der Waals surface area contributed by atoms with Gasteiger partial charge in [-0.3, -0.25) is 14.5 Å². The van der Waals surface area contributed by atoms with Crippen LogP contribution in [-0.2, 0) is 9.59 Å². The number of hydrogen-bond acceptors (Lipinski definition) is 6. The molecule has 0 aromatic heterocycles. The van der Waals surface area contributed by atoms with Crippen molar-refractivity contribution in [3.8, 4) is 11.5 Å². The van der Waals surface area contributed by atoms with Crippen LogP contribution in [0.4, 0.5) is 11.4 Å². The fraction of sp³-hybridized carbons (Fsp3) is 0.214. The molecule has 0 bridgehead atoms. The molecule has 1 atom stereocenters. The zero-order chi connectivity index (χ0) is 26.1. The summed E-state index contributed by atoms with van der Waals surface area (Å²) in [6.07, 6.45) is 0. The number of rotatable bonds is 6. The summed E-state index contributed by atoms with van der Waals surface area (Å²) in [7, 11) is 6.89. The second kappa shape index (κ2) is 10.1. The largest absolute Gasteiger partial charge is 0.507 e. The number of aliphatic hydroxyl groups excluding tert-OH is 1. The zero-order valence-corrected chi connectivity index (χ0v) is 22.3. The van der Waals surface area contributed by atoms with Gasteiger partial charge in [0, 0.05) is 41.6 Å².